The number of hydrogen-bond acceptors (Lipinski definition) is 5. The molecule has 2 aromatic heterocycles. The summed E-state index contributed by atoms with van der Waals surface area (Å²) in [6.45, 7) is 4.88. The maximum atomic E-state index is 12.8. The number of fused-ring (bicyclic) bond motifs is 1. The summed E-state index contributed by atoms with van der Waals surface area (Å²) in [6.07, 6.45) is 0.123. The first-order valence-electron chi connectivity index (χ1n) is 10.9. The number of benzene rings is 1. The molecule has 1 atom stereocenters. The summed E-state index contributed by atoms with van der Waals surface area (Å²) in [6, 6.07) is 6.08. The Bertz CT molecular complexity index is 1370. The van der Waals surface area contributed by atoms with Gasteiger partial charge in [0.1, 0.15) is 22.7 Å². The Balaban J connectivity index is 1.82. The third-order valence-corrected chi connectivity index (χ3v) is 7.72. The second kappa shape index (κ2) is 8.67. The first-order chi connectivity index (χ1) is 15.9. The molecule has 4 rings (SSSR count). The zero-order valence-corrected chi connectivity index (χ0v) is 19.7. The van der Waals surface area contributed by atoms with E-state index in [1.54, 1.807) is 4.72 Å². The highest BCUT2D eigenvalue weighted by Crippen LogP contribution is 2.42. The molecule has 1 N–H and O–H groups in total. The van der Waals surface area contributed by atoms with Crippen molar-refractivity contribution < 1.29 is 21.6 Å². The Kier molecular flexibility index (Phi) is 6.16. The molecular formula is C23H24F3N5O2S. The van der Waals surface area contributed by atoms with Crippen LogP contribution in [0.5, 0.6) is 0 Å². The molecule has 1 unspecified atom stereocenters. The summed E-state index contributed by atoms with van der Waals surface area (Å²) in [4.78, 5) is 7.84. The quantitative estimate of drug-likeness (QED) is 0.520. The van der Waals surface area contributed by atoms with E-state index in [0.29, 0.717) is 18.2 Å². The van der Waals surface area contributed by atoms with E-state index in [0.717, 1.165) is 48.1 Å². The van der Waals surface area contributed by atoms with Gasteiger partial charge in [0.15, 0.2) is 5.82 Å². The van der Waals surface area contributed by atoms with Gasteiger partial charge in [0.25, 0.3) is 0 Å². The highest BCUT2D eigenvalue weighted by Gasteiger charge is 2.39. The molecule has 0 bridgehead atoms. The van der Waals surface area contributed by atoms with Gasteiger partial charge in [-0.05, 0) is 43.7 Å². The van der Waals surface area contributed by atoms with Crippen LogP contribution in [-0.2, 0) is 10.0 Å². The van der Waals surface area contributed by atoms with Crippen molar-refractivity contribution in [2.45, 2.75) is 69.1 Å². The first kappa shape index (κ1) is 24.2. The van der Waals surface area contributed by atoms with Crippen molar-refractivity contribution in [3.8, 4) is 17.6 Å². The van der Waals surface area contributed by atoms with Crippen LogP contribution in [0, 0.1) is 11.3 Å². The maximum absolute atomic E-state index is 12.8. The lowest BCUT2D eigenvalue weighted by Gasteiger charge is -2.30. The molecule has 11 heteroatoms. The van der Waals surface area contributed by atoms with Crippen LogP contribution < -0.4 is 4.72 Å². The maximum Gasteiger partial charge on any atom is 0.404 e. The van der Waals surface area contributed by atoms with E-state index in [1.165, 1.54) is 0 Å². The van der Waals surface area contributed by atoms with Gasteiger partial charge in [0.2, 0.25) is 10.0 Å². The topological polar surface area (TPSA) is 101 Å². The van der Waals surface area contributed by atoms with Gasteiger partial charge in [-0.3, -0.25) is 0 Å². The van der Waals surface area contributed by atoms with E-state index in [9.17, 15) is 26.9 Å². The molecule has 7 nitrogen and oxygen atoms in total. The van der Waals surface area contributed by atoms with Crippen molar-refractivity contribution in [3.63, 3.8) is 0 Å². The average Bonchev–Trinajstić information content (AvgIpc) is 3.05. The van der Waals surface area contributed by atoms with E-state index in [-0.39, 0.29) is 17.8 Å². The number of nitrogens with one attached hydrogen (secondary N) is 1. The van der Waals surface area contributed by atoms with Crippen LogP contribution in [-0.4, -0.2) is 35.2 Å². The Morgan fingerprint density at radius 2 is 1.82 bits per heavy atom. The minimum absolute atomic E-state index is 0.147. The fraction of sp³-hybridized carbons (Fsp3) is 0.435. The van der Waals surface area contributed by atoms with Crippen LogP contribution in [0.2, 0.25) is 0 Å². The first-order valence-corrected chi connectivity index (χ1v) is 12.4. The van der Waals surface area contributed by atoms with Crippen LogP contribution >= 0.6 is 0 Å². The van der Waals surface area contributed by atoms with Crippen molar-refractivity contribution in [1.29, 1.82) is 5.26 Å². The van der Waals surface area contributed by atoms with Gasteiger partial charge in [0.05, 0.1) is 23.5 Å². The molecule has 180 valence electrons. The van der Waals surface area contributed by atoms with Gasteiger partial charge in [-0.15, -0.1) is 0 Å². The van der Waals surface area contributed by atoms with Gasteiger partial charge in [-0.25, -0.2) is 18.4 Å². The van der Waals surface area contributed by atoms with Crippen molar-refractivity contribution in [2.75, 3.05) is 0 Å². The number of aromatic nitrogens is 3. The molecule has 1 aliphatic rings. The Labute approximate surface area is 195 Å². The average molecular weight is 492 g/mol. The summed E-state index contributed by atoms with van der Waals surface area (Å²) in [7, 11) is -4.48. The summed E-state index contributed by atoms with van der Waals surface area (Å²) >= 11 is 0. The number of halogens is 3. The lowest BCUT2D eigenvalue weighted by molar-refractivity contribution is -0.147. The van der Waals surface area contributed by atoms with E-state index in [4.69, 9.17) is 0 Å². The monoisotopic (exact) mass is 491 g/mol. The van der Waals surface area contributed by atoms with Gasteiger partial charge >= 0.3 is 6.18 Å². The predicted molar refractivity (Wildman–Crippen MR) is 120 cm³/mol. The third-order valence-electron chi connectivity index (χ3n) is 6.22. The molecule has 1 fully saturated rings. The third kappa shape index (κ3) is 4.28. The van der Waals surface area contributed by atoms with Gasteiger partial charge < -0.3 is 4.57 Å². The molecule has 0 aliphatic heterocycles. The lowest BCUT2D eigenvalue weighted by atomic mass is 9.92. The zero-order valence-electron chi connectivity index (χ0n) is 18.9. The second-order valence-corrected chi connectivity index (χ2v) is 10.6. The standard InChI is InChI=1S/C23H24F3N5O2S/c1-13(2)15-7-8-18-19(10-27)21(31(20(18)9-15)16-5-4-6-16)22-28-11-17(12-29-22)34(32,33)30-14(3)23(24,25)26/h7-9,11-14,16,30H,4-6H2,1-3H3. The van der Waals surface area contributed by atoms with E-state index in [1.807, 2.05) is 12.1 Å². The van der Waals surface area contributed by atoms with Crippen molar-refractivity contribution in [1.82, 2.24) is 19.3 Å². The molecule has 34 heavy (non-hydrogen) atoms. The number of rotatable bonds is 6. The van der Waals surface area contributed by atoms with Crippen LogP contribution in [0.1, 0.15) is 63.1 Å². The zero-order chi connectivity index (χ0) is 24.8. The minimum atomic E-state index is -4.73. The SMILES string of the molecule is CC(C)c1ccc2c(C#N)c(-c3ncc(S(=O)(=O)NC(C)C(F)(F)F)cn3)n(C3CCC3)c2c1. The summed E-state index contributed by atoms with van der Waals surface area (Å²) in [5.41, 5.74) is 2.89. The second-order valence-electron chi connectivity index (χ2n) is 8.85. The van der Waals surface area contributed by atoms with Crippen LogP contribution in [0.15, 0.2) is 35.5 Å². The lowest BCUT2D eigenvalue weighted by Crippen LogP contribution is -2.43. The molecule has 1 saturated carbocycles. The number of alkyl halides is 3. The van der Waals surface area contributed by atoms with E-state index >= 15 is 0 Å². The fourth-order valence-electron chi connectivity index (χ4n) is 3.99. The molecule has 1 aliphatic carbocycles. The van der Waals surface area contributed by atoms with Gasteiger partial charge in [0, 0.05) is 11.4 Å². The molecule has 0 saturated heterocycles. The van der Waals surface area contributed by atoms with E-state index in [2.05, 4.69) is 40.5 Å². The predicted octanol–water partition coefficient (Wildman–Crippen LogP) is 5.05. The summed E-state index contributed by atoms with van der Waals surface area (Å²) in [5.74, 6) is 0.434. The summed E-state index contributed by atoms with van der Waals surface area (Å²) in [5, 5.41) is 10.7. The summed E-state index contributed by atoms with van der Waals surface area (Å²) < 4.78 is 66.8. The molecule has 0 radical (unpaired) electrons. The number of sulfonamides is 1. The molecular weight excluding hydrogens is 467 g/mol. The van der Waals surface area contributed by atoms with E-state index < -0.39 is 27.1 Å². The number of nitriles is 1. The fourth-order valence-corrected chi connectivity index (χ4v) is 5.11. The van der Waals surface area contributed by atoms with Crippen LogP contribution in [0.4, 0.5) is 13.2 Å². The smallest absolute Gasteiger partial charge is 0.334 e. The highest BCUT2D eigenvalue weighted by molar-refractivity contribution is 7.89. The van der Waals surface area contributed by atoms with Crippen LogP contribution in [0.25, 0.3) is 22.4 Å². The van der Waals surface area contributed by atoms with Crippen molar-refractivity contribution in [2.24, 2.45) is 0 Å². The highest BCUT2D eigenvalue weighted by atomic mass is 32.2. The molecule has 1 aromatic carbocycles. The van der Waals surface area contributed by atoms with Crippen LogP contribution in [0.3, 0.4) is 0 Å². The largest absolute Gasteiger partial charge is 0.404 e. The molecule has 3 aromatic rings. The number of nitrogens with zero attached hydrogens (tertiary/aromatic N) is 4. The Morgan fingerprint density at radius 1 is 1.18 bits per heavy atom. The normalized spacial score (nSPS) is 15.9. The Morgan fingerprint density at radius 3 is 2.32 bits per heavy atom. The van der Waals surface area contributed by atoms with Crippen molar-refractivity contribution >= 4 is 20.9 Å². The van der Waals surface area contributed by atoms with Gasteiger partial charge in [-0.1, -0.05) is 26.0 Å². The van der Waals surface area contributed by atoms with Gasteiger partial charge in [-0.2, -0.15) is 23.2 Å². The number of hydrogen-bond donors (Lipinski definition) is 1. The molecule has 0 amide bonds. The minimum Gasteiger partial charge on any atom is -0.334 e. The Hall–Kier alpha value is -2.97. The van der Waals surface area contributed by atoms with Crippen molar-refractivity contribution in [3.05, 3.63) is 41.7 Å². The molecule has 2 heterocycles. The molecule has 0 spiro atoms.